The average molecular weight is 292 g/mol. The van der Waals surface area contributed by atoms with Gasteiger partial charge in [0.05, 0.1) is 4.47 Å². The molecule has 1 aromatic rings. The van der Waals surface area contributed by atoms with Crippen LogP contribution in [0.2, 0.25) is 0 Å². The van der Waals surface area contributed by atoms with Crippen LogP contribution in [-0.2, 0) is 0 Å². The summed E-state index contributed by atoms with van der Waals surface area (Å²) in [5, 5.41) is 9.44. The minimum atomic E-state index is -1.29. The fraction of sp³-hybridized carbons (Fsp3) is 0.273. The summed E-state index contributed by atoms with van der Waals surface area (Å²) in [5.41, 5.74) is 6.71. The van der Waals surface area contributed by atoms with Crippen molar-refractivity contribution in [1.82, 2.24) is 0 Å². The number of phenols is 1. The largest absolute Gasteiger partial charge is 0.505 e. The predicted octanol–water partition coefficient (Wildman–Crippen LogP) is 3.40. The highest BCUT2D eigenvalue weighted by molar-refractivity contribution is 9.10. The Labute approximate surface area is 101 Å². The van der Waals surface area contributed by atoms with Gasteiger partial charge in [-0.05, 0) is 35.3 Å². The minimum absolute atomic E-state index is 0.0602. The smallest absolute Gasteiger partial charge is 0.201 e. The Hall–Kier alpha value is -0.940. The summed E-state index contributed by atoms with van der Waals surface area (Å²) < 4.78 is 26.2. The van der Waals surface area contributed by atoms with E-state index in [1.165, 1.54) is 6.07 Å². The van der Waals surface area contributed by atoms with E-state index in [9.17, 15) is 13.9 Å². The maximum atomic E-state index is 13.2. The van der Waals surface area contributed by atoms with Gasteiger partial charge in [0.2, 0.25) is 5.82 Å². The van der Waals surface area contributed by atoms with Crippen LogP contribution in [0.5, 0.6) is 5.75 Å². The number of benzene rings is 1. The lowest BCUT2D eigenvalue weighted by atomic mass is 10.00. The van der Waals surface area contributed by atoms with E-state index in [1.54, 1.807) is 6.92 Å². The van der Waals surface area contributed by atoms with Gasteiger partial charge >= 0.3 is 0 Å². The van der Waals surface area contributed by atoms with Crippen LogP contribution in [0, 0.1) is 11.6 Å². The van der Waals surface area contributed by atoms with Crippen molar-refractivity contribution in [2.75, 3.05) is 0 Å². The molecule has 0 fully saturated rings. The van der Waals surface area contributed by atoms with Gasteiger partial charge in [-0.25, -0.2) is 4.39 Å². The van der Waals surface area contributed by atoms with Gasteiger partial charge in [-0.2, -0.15) is 4.39 Å². The summed E-state index contributed by atoms with van der Waals surface area (Å²) in [4.78, 5) is 0. The lowest BCUT2D eigenvalue weighted by molar-refractivity contribution is 0.395. The number of rotatable bonds is 3. The molecule has 16 heavy (non-hydrogen) atoms. The molecule has 88 valence electrons. The van der Waals surface area contributed by atoms with Gasteiger partial charge < -0.3 is 10.8 Å². The summed E-state index contributed by atoms with van der Waals surface area (Å²) in [6.45, 7) is 5.44. The molecule has 0 bridgehead atoms. The molecule has 1 rings (SSSR count). The van der Waals surface area contributed by atoms with E-state index in [2.05, 4.69) is 22.5 Å². The molecular weight excluding hydrogens is 280 g/mol. The highest BCUT2D eigenvalue weighted by atomic mass is 79.9. The third-order valence-corrected chi connectivity index (χ3v) is 2.71. The average Bonchev–Trinajstić information content (AvgIpc) is 2.19. The van der Waals surface area contributed by atoms with E-state index in [4.69, 9.17) is 5.73 Å². The van der Waals surface area contributed by atoms with Gasteiger partial charge in [0.25, 0.3) is 0 Å². The molecule has 0 aliphatic carbocycles. The second kappa shape index (κ2) is 4.93. The van der Waals surface area contributed by atoms with Crippen LogP contribution in [0.25, 0.3) is 0 Å². The monoisotopic (exact) mass is 291 g/mol. The molecule has 0 aromatic heterocycles. The summed E-state index contributed by atoms with van der Waals surface area (Å²) in [6.07, 6.45) is 0.394. The first-order valence-electron chi connectivity index (χ1n) is 4.61. The second-order valence-corrected chi connectivity index (χ2v) is 4.55. The number of nitrogens with two attached hydrogens (primary N) is 1. The van der Waals surface area contributed by atoms with Crippen molar-refractivity contribution in [2.45, 2.75) is 19.4 Å². The molecule has 0 amide bonds. The molecule has 0 unspecified atom stereocenters. The Kier molecular flexibility index (Phi) is 4.04. The summed E-state index contributed by atoms with van der Waals surface area (Å²) in [7, 11) is 0. The number of hydrogen-bond donors (Lipinski definition) is 2. The molecule has 0 heterocycles. The quantitative estimate of drug-likeness (QED) is 0.662. The lowest BCUT2D eigenvalue weighted by Crippen LogP contribution is -2.12. The van der Waals surface area contributed by atoms with Crippen molar-refractivity contribution in [1.29, 1.82) is 0 Å². The van der Waals surface area contributed by atoms with Crippen LogP contribution in [0.15, 0.2) is 22.7 Å². The van der Waals surface area contributed by atoms with Crippen molar-refractivity contribution < 1.29 is 13.9 Å². The van der Waals surface area contributed by atoms with Crippen LogP contribution < -0.4 is 5.73 Å². The van der Waals surface area contributed by atoms with Crippen LogP contribution in [-0.4, -0.2) is 5.11 Å². The van der Waals surface area contributed by atoms with E-state index in [-0.39, 0.29) is 10.0 Å². The number of phenolic OH excluding ortho intramolecular Hbond substituents is 1. The van der Waals surface area contributed by atoms with Crippen molar-refractivity contribution in [3.63, 3.8) is 0 Å². The van der Waals surface area contributed by atoms with E-state index >= 15 is 0 Å². The molecule has 2 nitrogen and oxygen atoms in total. The van der Waals surface area contributed by atoms with Crippen molar-refractivity contribution >= 4 is 15.9 Å². The standard InChI is InChI=1S/C11H12BrF2NO/c1-5(2)3-8(15)6-4-7(12)9(13)10(14)11(6)16/h4,8,16H,1,3,15H2,2H3/t8-/m1/s1. The first-order valence-corrected chi connectivity index (χ1v) is 5.40. The van der Waals surface area contributed by atoms with Crippen molar-refractivity contribution in [3.8, 4) is 5.75 Å². The molecule has 0 spiro atoms. The molecule has 1 aromatic carbocycles. The van der Waals surface area contributed by atoms with Crippen LogP contribution in [0.3, 0.4) is 0 Å². The van der Waals surface area contributed by atoms with Gasteiger partial charge in [-0.3, -0.25) is 0 Å². The highest BCUT2D eigenvalue weighted by Crippen LogP contribution is 2.34. The van der Waals surface area contributed by atoms with Gasteiger partial charge in [-0.1, -0.05) is 5.57 Å². The van der Waals surface area contributed by atoms with Crippen molar-refractivity contribution in [3.05, 3.63) is 39.9 Å². The van der Waals surface area contributed by atoms with E-state index in [0.29, 0.717) is 6.42 Å². The lowest BCUT2D eigenvalue weighted by Gasteiger charge is -2.15. The van der Waals surface area contributed by atoms with E-state index < -0.39 is 23.4 Å². The Morgan fingerprint density at radius 2 is 2.12 bits per heavy atom. The Morgan fingerprint density at radius 3 is 2.62 bits per heavy atom. The van der Waals surface area contributed by atoms with Gasteiger partial charge in [0, 0.05) is 11.6 Å². The zero-order valence-electron chi connectivity index (χ0n) is 8.73. The summed E-state index contributed by atoms with van der Waals surface area (Å²) in [6, 6.07) is 0.672. The SMILES string of the molecule is C=C(C)C[C@@H](N)c1cc(Br)c(F)c(F)c1O. The molecule has 0 saturated carbocycles. The number of aromatic hydroxyl groups is 1. The molecule has 0 aliphatic rings. The second-order valence-electron chi connectivity index (χ2n) is 3.69. The molecule has 1 atom stereocenters. The van der Waals surface area contributed by atoms with Crippen LogP contribution in [0.4, 0.5) is 8.78 Å². The van der Waals surface area contributed by atoms with E-state index in [1.807, 2.05) is 0 Å². The molecule has 3 N–H and O–H groups in total. The molecule has 5 heteroatoms. The minimum Gasteiger partial charge on any atom is -0.505 e. The summed E-state index contributed by atoms with van der Waals surface area (Å²) in [5.74, 6) is -3.15. The van der Waals surface area contributed by atoms with E-state index in [0.717, 1.165) is 5.57 Å². The van der Waals surface area contributed by atoms with Gasteiger partial charge in [0.1, 0.15) is 0 Å². The van der Waals surface area contributed by atoms with Gasteiger partial charge in [-0.15, -0.1) is 6.58 Å². The molecular formula is C11H12BrF2NO. The molecule has 0 radical (unpaired) electrons. The maximum absolute atomic E-state index is 13.2. The first-order chi connectivity index (χ1) is 7.34. The molecule has 0 saturated heterocycles. The highest BCUT2D eigenvalue weighted by Gasteiger charge is 2.20. The number of hydrogen-bond acceptors (Lipinski definition) is 2. The third kappa shape index (κ3) is 2.59. The normalized spacial score (nSPS) is 12.6. The fourth-order valence-electron chi connectivity index (χ4n) is 1.37. The first kappa shape index (κ1) is 13.1. The zero-order chi connectivity index (χ0) is 12.5. The third-order valence-electron chi connectivity index (χ3n) is 2.13. The summed E-state index contributed by atoms with van der Waals surface area (Å²) >= 11 is 2.86. The molecule has 0 aliphatic heterocycles. The topological polar surface area (TPSA) is 46.2 Å². The van der Waals surface area contributed by atoms with Gasteiger partial charge in [0.15, 0.2) is 11.6 Å². The Balaban J connectivity index is 3.19. The fourth-order valence-corrected chi connectivity index (χ4v) is 1.79. The zero-order valence-corrected chi connectivity index (χ0v) is 10.3. The predicted molar refractivity (Wildman–Crippen MR) is 62.1 cm³/mol. The van der Waals surface area contributed by atoms with Crippen LogP contribution >= 0.6 is 15.9 Å². The van der Waals surface area contributed by atoms with Crippen molar-refractivity contribution in [2.24, 2.45) is 5.73 Å². The maximum Gasteiger partial charge on any atom is 0.201 e. The Bertz CT molecular complexity index is 434. The van der Waals surface area contributed by atoms with Crippen LogP contribution in [0.1, 0.15) is 24.9 Å². The Morgan fingerprint density at radius 1 is 1.56 bits per heavy atom. The number of halogens is 3.